The Hall–Kier alpha value is -1.07. The van der Waals surface area contributed by atoms with Gasteiger partial charge in [-0.05, 0) is 43.5 Å². The van der Waals surface area contributed by atoms with E-state index in [1.54, 1.807) is 0 Å². The van der Waals surface area contributed by atoms with Gasteiger partial charge in [-0.3, -0.25) is 0 Å². The second kappa shape index (κ2) is 6.02. The van der Waals surface area contributed by atoms with Crippen LogP contribution in [0.3, 0.4) is 0 Å². The van der Waals surface area contributed by atoms with E-state index in [-0.39, 0.29) is 0 Å². The zero-order chi connectivity index (χ0) is 12.9. The molecule has 0 aliphatic rings. The van der Waals surface area contributed by atoms with Crippen molar-refractivity contribution < 1.29 is 18.3 Å². The van der Waals surface area contributed by atoms with E-state index >= 15 is 0 Å². The minimum atomic E-state index is -4.29. The number of rotatable bonds is 5. The normalized spacial score (nSPS) is 13.7. The molecule has 0 aromatic heterocycles. The van der Waals surface area contributed by atoms with Crippen LogP contribution in [0.5, 0.6) is 0 Å². The monoisotopic (exact) mass is 247 g/mol. The third kappa shape index (κ3) is 4.75. The van der Waals surface area contributed by atoms with Gasteiger partial charge < -0.3 is 10.8 Å². The van der Waals surface area contributed by atoms with Gasteiger partial charge in [0, 0.05) is 0 Å². The number of hydrogen-bond acceptors (Lipinski definition) is 2. The molecule has 0 aliphatic heterocycles. The molecule has 0 radical (unpaired) electrons. The number of aliphatic hydroxyl groups excluding tert-OH is 1. The Morgan fingerprint density at radius 2 is 1.71 bits per heavy atom. The predicted octanol–water partition coefficient (Wildman–Crippen LogP) is 2.35. The van der Waals surface area contributed by atoms with E-state index in [2.05, 4.69) is 0 Å². The molecular formula is C12H16F3NO. The zero-order valence-electron chi connectivity index (χ0n) is 9.37. The number of halogens is 3. The van der Waals surface area contributed by atoms with Gasteiger partial charge in [-0.25, -0.2) is 0 Å². The second-order valence-electron chi connectivity index (χ2n) is 3.96. The number of aryl methyl sites for hydroxylation is 1. The lowest BCUT2D eigenvalue weighted by molar-refractivity contribution is -0.137. The summed E-state index contributed by atoms with van der Waals surface area (Å²) >= 11 is 0. The van der Waals surface area contributed by atoms with Crippen molar-refractivity contribution in [1.29, 1.82) is 0 Å². The van der Waals surface area contributed by atoms with Crippen molar-refractivity contribution in [1.82, 2.24) is 0 Å². The SMILES string of the molecule is NCCC(O)CCc1ccc(C(F)(F)F)cc1. The molecule has 1 atom stereocenters. The maximum atomic E-state index is 12.3. The maximum absolute atomic E-state index is 12.3. The first-order valence-electron chi connectivity index (χ1n) is 5.47. The molecule has 0 heterocycles. The number of aliphatic hydroxyl groups is 1. The highest BCUT2D eigenvalue weighted by atomic mass is 19.4. The first kappa shape index (κ1) is 14.0. The van der Waals surface area contributed by atoms with Gasteiger partial charge in [-0.15, -0.1) is 0 Å². The summed E-state index contributed by atoms with van der Waals surface area (Å²) in [6.45, 7) is 0.411. The summed E-state index contributed by atoms with van der Waals surface area (Å²) in [6, 6.07) is 5.01. The van der Waals surface area contributed by atoms with Crippen molar-refractivity contribution in [2.75, 3.05) is 6.54 Å². The standard InChI is InChI=1S/C12H16F3NO/c13-12(14,15)10-4-1-9(2-5-10)3-6-11(17)7-8-16/h1-2,4-5,11,17H,3,6-8,16H2. The van der Waals surface area contributed by atoms with Crippen molar-refractivity contribution >= 4 is 0 Å². The molecule has 3 N–H and O–H groups in total. The summed E-state index contributed by atoms with van der Waals surface area (Å²) in [7, 11) is 0. The molecule has 0 bridgehead atoms. The lowest BCUT2D eigenvalue weighted by atomic mass is 10.0. The molecule has 0 saturated heterocycles. The highest BCUT2D eigenvalue weighted by Gasteiger charge is 2.29. The highest BCUT2D eigenvalue weighted by molar-refractivity contribution is 5.24. The smallest absolute Gasteiger partial charge is 0.393 e. The fourth-order valence-corrected chi connectivity index (χ4v) is 1.53. The molecule has 0 spiro atoms. The van der Waals surface area contributed by atoms with E-state index in [4.69, 9.17) is 5.73 Å². The quantitative estimate of drug-likeness (QED) is 0.839. The minimum absolute atomic E-state index is 0.411. The summed E-state index contributed by atoms with van der Waals surface area (Å²) in [5, 5.41) is 9.43. The van der Waals surface area contributed by atoms with E-state index in [0.717, 1.165) is 17.7 Å². The molecular weight excluding hydrogens is 231 g/mol. The summed E-state index contributed by atoms with van der Waals surface area (Å²) in [4.78, 5) is 0. The Kier molecular flexibility index (Phi) is 4.96. The molecule has 1 unspecified atom stereocenters. The van der Waals surface area contributed by atoms with Gasteiger partial charge in [0.15, 0.2) is 0 Å². The average molecular weight is 247 g/mol. The maximum Gasteiger partial charge on any atom is 0.416 e. The number of alkyl halides is 3. The van der Waals surface area contributed by atoms with Crippen LogP contribution in [0.4, 0.5) is 13.2 Å². The van der Waals surface area contributed by atoms with Gasteiger partial charge in [0.25, 0.3) is 0 Å². The molecule has 1 aromatic carbocycles. The molecule has 1 rings (SSSR count). The lowest BCUT2D eigenvalue weighted by Gasteiger charge is -2.10. The van der Waals surface area contributed by atoms with Gasteiger partial charge in [0.1, 0.15) is 0 Å². The van der Waals surface area contributed by atoms with Crippen LogP contribution in [-0.2, 0) is 12.6 Å². The van der Waals surface area contributed by atoms with Crippen molar-refractivity contribution in [3.05, 3.63) is 35.4 Å². The number of hydrogen-bond donors (Lipinski definition) is 2. The van der Waals surface area contributed by atoms with Crippen LogP contribution in [0.15, 0.2) is 24.3 Å². The summed E-state index contributed by atoms with van der Waals surface area (Å²) in [6.07, 6.45) is -3.19. The van der Waals surface area contributed by atoms with Gasteiger partial charge in [-0.2, -0.15) is 13.2 Å². The van der Waals surface area contributed by atoms with E-state index in [1.165, 1.54) is 12.1 Å². The van der Waals surface area contributed by atoms with Crippen molar-refractivity contribution in [2.24, 2.45) is 5.73 Å². The van der Waals surface area contributed by atoms with Gasteiger partial charge >= 0.3 is 6.18 Å². The number of benzene rings is 1. The summed E-state index contributed by atoms with van der Waals surface area (Å²) < 4.78 is 36.8. The zero-order valence-corrected chi connectivity index (χ0v) is 9.37. The van der Waals surface area contributed by atoms with Crippen molar-refractivity contribution in [3.63, 3.8) is 0 Å². The van der Waals surface area contributed by atoms with E-state index < -0.39 is 17.8 Å². The summed E-state index contributed by atoms with van der Waals surface area (Å²) in [5.74, 6) is 0. The largest absolute Gasteiger partial charge is 0.416 e. The van der Waals surface area contributed by atoms with Crippen LogP contribution in [0, 0.1) is 0 Å². The molecule has 0 saturated carbocycles. The fraction of sp³-hybridized carbons (Fsp3) is 0.500. The second-order valence-corrected chi connectivity index (χ2v) is 3.96. The van der Waals surface area contributed by atoms with E-state index in [1.807, 2.05) is 0 Å². The highest BCUT2D eigenvalue weighted by Crippen LogP contribution is 2.29. The fourth-order valence-electron chi connectivity index (χ4n) is 1.53. The van der Waals surface area contributed by atoms with Gasteiger partial charge in [-0.1, -0.05) is 12.1 Å². The van der Waals surface area contributed by atoms with Crippen LogP contribution >= 0.6 is 0 Å². The van der Waals surface area contributed by atoms with Crippen LogP contribution in [0.1, 0.15) is 24.0 Å². The molecule has 5 heteroatoms. The topological polar surface area (TPSA) is 46.2 Å². The molecule has 96 valence electrons. The van der Waals surface area contributed by atoms with Crippen LogP contribution in [0.2, 0.25) is 0 Å². The minimum Gasteiger partial charge on any atom is -0.393 e. The summed E-state index contributed by atoms with van der Waals surface area (Å²) in [5.41, 5.74) is 5.42. The molecule has 0 aliphatic carbocycles. The molecule has 17 heavy (non-hydrogen) atoms. The Bertz CT molecular complexity index is 335. The first-order valence-corrected chi connectivity index (χ1v) is 5.47. The molecule has 0 fully saturated rings. The predicted molar refractivity (Wildman–Crippen MR) is 59.4 cm³/mol. The molecule has 0 amide bonds. The third-order valence-electron chi connectivity index (χ3n) is 2.55. The van der Waals surface area contributed by atoms with E-state index in [9.17, 15) is 18.3 Å². The Morgan fingerprint density at radius 3 is 2.18 bits per heavy atom. The van der Waals surface area contributed by atoms with Crippen LogP contribution in [-0.4, -0.2) is 17.8 Å². The van der Waals surface area contributed by atoms with E-state index in [0.29, 0.717) is 25.8 Å². The average Bonchev–Trinajstić information content (AvgIpc) is 2.26. The lowest BCUT2D eigenvalue weighted by Crippen LogP contribution is -2.14. The Labute approximate surface area is 98.3 Å². The van der Waals surface area contributed by atoms with Gasteiger partial charge in [0.2, 0.25) is 0 Å². The van der Waals surface area contributed by atoms with Gasteiger partial charge in [0.05, 0.1) is 11.7 Å². The van der Waals surface area contributed by atoms with Crippen molar-refractivity contribution in [2.45, 2.75) is 31.5 Å². The third-order valence-corrected chi connectivity index (χ3v) is 2.55. The Morgan fingerprint density at radius 1 is 1.12 bits per heavy atom. The molecule has 1 aromatic rings. The number of nitrogens with two attached hydrogens (primary N) is 1. The molecule has 2 nitrogen and oxygen atoms in total. The Balaban J connectivity index is 2.51. The van der Waals surface area contributed by atoms with Crippen molar-refractivity contribution in [3.8, 4) is 0 Å². The van der Waals surface area contributed by atoms with Crippen LogP contribution < -0.4 is 5.73 Å². The first-order chi connectivity index (χ1) is 7.93. The van der Waals surface area contributed by atoms with Crippen LogP contribution in [0.25, 0.3) is 0 Å².